The molecular formula is C15H19N5. The largest absolute Gasteiger partial charge is 0.397 e. The number of nitrogen functional groups attached to an aromatic ring is 1. The Bertz CT molecular complexity index is 573. The lowest BCUT2D eigenvalue weighted by Crippen LogP contribution is -2.47. The van der Waals surface area contributed by atoms with Gasteiger partial charge in [-0.15, -0.1) is 5.10 Å². The molecule has 1 saturated heterocycles. The van der Waals surface area contributed by atoms with Crippen LogP contribution in [0.4, 0.5) is 17.2 Å². The van der Waals surface area contributed by atoms with Gasteiger partial charge in [0.2, 0.25) is 0 Å². The first-order valence-electron chi connectivity index (χ1n) is 6.89. The molecule has 0 atom stereocenters. The Morgan fingerprint density at radius 2 is 1.60 bits per heavy atom. The van der Waals surface area contributed by atoms with Gasteiger partial charge in [0.25, 0.3) is 0 Å². The minimum Gasteiger partial charge on any atom is -0.397 e. The predicted octanol–water partition coefficient (Wildman–Crippen LogP) is 1.69. The number of piperazine rings is 1. The average Bonchev–Trinajstić information content (AvgIpc) is 2.49. The van der Waals surface area contributed by atoms with Gasteiger partial charge < -0.3 is 15.5 Å². The zero-order valence-corrected chi connectivity index (χ0v) is 11.7. The minimum absolute atomic E-state index is 0.844. The summed E-state index contributed by atoms with van der Waals surface area (Å²) < 4.78 is 0. The highest BCUT2D eigenvalue weighted by Gasteiger charge is 2.19. The molecule has 5 heteroatoms. The molecule has 1 fully saturated rings. The van der Waals surface area contributed by atoms with E-state index >= 15 is 0 Å². The van der Waals surface area contributed by atoms with Crippen molar-refractivity contribution in [3.63, 3.8) is 0 Å². The number of aromatic nitrogens is 2. The van der Waals surface area contributed by atoms with Gasteiger partial charge in [0.1, 0.15) is 0 Å². The maximum absolute atomic E-state index is 6.04. The predicted molar refractivity (Wildman–Crippen MR) is 82.0 cm³/mol. The fraction of sp³-hybridized carbons (Fsp3) is 0.333. The highest BCUT2D eigenvalue weighted by molar-refractivity contribution is 5.67. The van der Waals surface area contributed by atoms with Crippen LogP contribution in [-0.2, 0) is 0 Å². The van der Waals surface area contributed by atoms with E-state index in [9.17, 15) is 0 Å². The molecule has 0 saturated carbocycles. The molecule has 20 heavy (non-hydrogen) atoms. The van der Waals surface area contributed by atoms with Gasteiger partial charge in [-0.25, -0.2) is 0 Å². The van der Waals surface area contributed by atoms with Crippen molar-refractivity contribution >= 4 is 17.2 Å². The Hall–Kier alpha value is -2.30. The van der Waals surface area contributed by atoms with Crippen LogP contribution in [0.25, 0.3) is 0 Å². The van der Waals surface area contributed by atoms with Gasteiger partial charge in [-0.05, 0) is 31.2 Å². The van der Waals surface area contributed by atoms with Crippen LogP contribution >= 0.6 is 0 Å². The molecule has 0 aliphatic carbocycles. The quantitative estimate of drug-likeness (QED) is 0.841. The number of hydrogen-bond acceptors (Lipinski definition) is 5. The average molecular weight is 269 g/mol. The Morgan fingerprint density at radius 1 is 0.900 bits per heavy atom. The third-order valence-corrected chi connectivity index (χ3v) is 3.66. The molecule has 0 spiro atoms. The minimum atomic E-state index is 0.844. The van der Waals surface area contributed by atoms with Crippen molar-refractivity contribution in [1.29, 1.82) is 0 Å². The summed E-state index contributed by atoms with van der Waals surface area (Å²) in [6, 6.07) is 12.1. The van der Waals surface area contributed by atoms with Crippen molar-refractivity contribution in [1.82, 2.24) is 10.2 Å². The highest BCUT2D eigenvalue weighted by atomic mass is 15.3. The van der Waals surface area contributed by atoms with Crippen molar-refractivity contribution in [2.75, 3.05) is 41.7 Å². The van der Waals surface area contributed by atoms with Crippen LogP contribution in [0.5, 0.6) is 0 Å². The lowest BCUT2D eigenvalue weighted by atomic mass is 10.2. The van der Waals surface area contributed by atoms with Crippen LogP contribution in [0.2, 0.25) is 0 Å². The Labute approximate surface area is 119 Å². The van der Waals surface area contributed by atoms with Crippen molar-refractivity contribution < 1.29 is 0 Å². The van der Waals surface area contributed by atoms with E-state index in [1.54, 1.807) is 0 Å². The summed E-state index contributed by atoms with van der Waals surface area (Å²) >= 11 is 0. The van der Waals surface area contributed by atoms with E-state index < -0.39 is 0 Å². The van der Waals surface area contributed by atoms with Crippen LogP contribution in [-0.4, -0.2) is 36.4 Å². The summed E-state index contributed by atoms with van der Waals surface area (Å²) in [6.07, 6.45) is 0. The van der Waals surface area contributed by atoms with E-state index in [4.69, 9.17) is 5.73 Å². The number of benzene rings is 1. The highest BCUT2D eigenvalue weighted by Crippen LogP contribution is 2.24. The molecule has 104 valence electrons. The van der Waals surface area contributed by atoms with Gasteiger partial charge in [0.05, 0.1) is 17.1 Å². The lowest BCUT2D eigenvalue weighted by molar-refractivity contribution is 0.643. The summed E-state index contributed by atoms with van der Waals surface area (Å²) in [7, 11) is 0. The first kappa shape index (κ1) is 12.7. The molecule has 2 aromatic rings. The normalized spacial score (nSPS) is 15.4. The molecular weight excluding hydrogens is 250 g/mol. The number of hydrogen-bond donors (Lipinski definition) is 1. The summed E-state index contributed by atoms with van der Waals surface area (Å²) in [5.74, 6) is 0.955. The van der Waals surface area contributed by atoms with E-state index in [1.165, 1.54) is 0 Å². The molecule has 1 aromatic carbocycles. The maximum atomic E-state index is 6.04. The van der Waals surface area contributed by atoms with Crippen LogP contribution < -0.4 is 15.5 Å². The standard InChI is InChI=1S/C15H19N5/c1-12-6-7-15(18-17-12)20-10-8-19(9-11-20)14-5-3-2-4-13(14)16/h2-7H,8-11,16H2,1H3. The maximum Gasteiger partial charge on any atom is 0.151 e. The molecule has 2 heterocycles. The molecule has 5 nitrogen and oxygen atoms in total. The van der Waals surface area contributed by atoms with Gasteiger partial charge in [0, 0.05) is 26.2 Å². The number of nitrogens with two attached hydrogens (primary N) is 1. The topological polar surface area (TPSA) is 58.3 Å². The van der Waals surface area contributed by atoms with Gasteiger partial charge in [-0.1, -0.05) is 12.1 Å². The van der Waals surface area contributed by atoms with Gasteiger partial charge >= 0.3 is 0 Å². The molecule has 0 unspecified atom stereocenters. The van der Waals surface area contributed by atoms with Crippen molar-refractivity contribution in [3.8, 4) is 0 Å². The lowest BCUT2D eigenvalue weighted by Gasteiger charge is -2.37. The van der Waals surface area contributed by atoms with Crippen molar-refractivity contribution in [3.05, 3.63) is 42.1 Å². The second-order valence-electron chi connectivity index (χ2n) is 5.07. The second-order valence-corrected chi connectivity index (χ2v) is 5.07. The van der Waals surface area contributed by atoms with Crippen LogP contribution in [0.3, 0.4) is 0 Å². The van der Waals surface area contributed by atoms with E-state index in [0.29, 0.717) is 0 Å². The molecule has 0 bridgehead atoms. The monoisotopic (exact) mass is 269 g/mol. The Balaban J connectivity index is 1.68. The van der Waals surface area contributed by atoms with E-state index in [2.05, 4.69) is 26.1 Å². The molecule has 0 radical (unpaired) electrons. The first-order chi connectivity index (χ1) is 9.74. The van der Waals surface area contributed by atoms with Gasteiger partial charge in [0.15, 0.2) is 5.82 Å². The molecule has 1 aromatic heterocycles. The molecule has 1 aliphatic heterocycles. The summed E-state index contributed by atoms with van der Waals surface area (Å²) in [5.41, 5.74) is 8.96. The molecule has 0 amide bonds. The fourth-order valence-electron chi connectivity index (χ4n) is 2.51. The van der Waals surface area contributed by atoms with E-state index in [1.807, 2.05) is 37.3 Å². The van der Waals surface area contributed by atoms with E-state index in [-0.39, 0.29) is 0 Å². The summed E-state index contributed by atoms with van der Waals surface area (Å²) in [5, 5.41) is 8.37. The van der Waals surface area contributed by atoms with Gasteiger partial charge in [-0.2, -0.15) is 5.10 Å². The van der Waals surface area contributed by atoms with Crippen LogP contribution in [0.15, 0.2) is 36.4 Å². The second kappa shape index (κ2) is 5.36. The van der Waals surface area contributed by atoms with Gasteiger partial charge in [-0.3, -0.25) is 0 Å². The zero-order chi connectivity index (χ0) is 13.9. The smallest absolute Gasteiger partial charge is 0.151 e. The summed E-state index contributed by atoms with van der Waals surface area (Å²) in [6.45, 7) is 5.72. The van der Waals surface area contributed by atoms with Crippen molar-refractivity contribution in [2.45, 2.75) is 6.92 Å². The molecule has 3 rings (SSSR count). The number of rotatable bonds is 2. The number of nitrogens with zero attached hydrogens (tertiary/aromatic N) is 4. The number of para-hydroxylation sites is 2. The first-order valence-corrected chi connectivity index (χ1v) is 6.89. The summed E-state index contributed by atoms with van der Waals surface area (Å²) in [4.78, 5) is 4.59. The zero-order valence-electron chi connectivity index (χ0n) is 11.7. The SMILES string of the molecule is Cc1ccc(N2CCN(c3ccccc3N)CC2)nn1. The third kappa shape index (κ3) is 2.52. The molecule has 2 N–H and O–H groups in total. The van der Waals surface area contributed by atoms with Crippen LogP contribution in [0.1, 0.15) is 5.69 Å². The van der Waals surface area contributed by atoms with Crippen molar-refractivity contribution in [2.24, 2.45) is 0 Å². The fourth-order valence-corrected chi connectivity index (χ4v) is 2.51. The van der Waals surface area contributed by atoms with E-state index in [0.717, 1.165) is 49.1 Å². The Kier molecular flexibility index (Phi) is 3.41. The van der Waals surface area contributed by atoms with Crippen LogP contribution in [0, 0.1) is 6.92 Å². The Morgan fingerprint density at radius 3 is 2.25 bits per heavy atom. The number of anilines is 3. The number of aryl methyl sites for hydroxylation is 1. The molecule has 1 aliphatic rings. The third-order valence-electron chi connectivity index (χ3n) is 3.66.